The highest BCUT2D eigenvalue weighted by molar-refractivity contribution is 6.21. The van der Waals surface area contributed by atoms with E-state index in [0.29, 0.717) is 23.0 Å². The van der Waals surface area contributed by atoms with Crippen LogP contribution in [0.25, 0.3) is 0 Å². The van der Waals surface area contributed by atoms with Crippen molar-refractivity contribution in [1.29, 1.82) is 0 Å². The van der Waals surface area contributed by atoms with Crippen LogP contribution >= 0.6 is 0 Å². The van der Waals surface area contributed by atoms with E-state index in [1.807, 2.05) is 12.1 Å². The first kappa shape index (κ1) is 16.5. The van der Waals surface area contributed by atoms with Crippen LogP contribution in [0.3, 0.4) is 0 Å². The molecular weight excluding hydrogens is 330 g/mol. The average molecular weight is 355 g/mol. The molecule has 138 valence electrons. The average Bonchev–Trinajstić information content (AvgIpc) is 3.21. The summed E-state index contributed by atoms with van der Waals surface area (Å²) < 4.78 is 12.3. The highest BCUT2D eigenvalue weighted by Gasteiger charge is 2.55. The normalized spacial score (nSPS) is 34.4. The molecule has 1 unspecified atom stereocenters. The van der Waals surface area contributed by atoms with E-state index in [4.69, 9.17) is 9.47 Å². The molecule has 5 nitrogen and oxygen atoms in total. The van der Waals surface area contributed by atoms with Crippen LogP contribution in [0.4, 0.5) is 0 Å². The van der Waals surface area contributed by atoms with Crippen molar-refractivity contribution in [2.24, 2.45) is 17.3 Å². The summed E-state index contributed by atoms with van der Waals surface area (Å²) >= 11 is 0. The van der Waals surface area contributed by atoms with Crippen LogP contribution in [-0.2, 0) is 9.47 Å². The summed E-state index contributed by atoms with van der Waals surface area (Å²) in [6.07, 6.45) is 3.50. The fourth-order valence-electron chi connectivity index (χ4n) is 5.29. The minimum atomic E-state index is -0.433. The zero-order chi connectivity index (χ0) is 18.1. The Morgan fingerprint density at radius 2 is 1.42 bits per heavy atom. The fourth-order valence-corrected chi connectivity index (χ4v) is 5.29. The molecule has 2 amide bonds. The third kappa shape index (κ3) is 2.37. The molecule has 5 heteroatoms. The van der Waals surface area contributed by atoms with Gasteiger partial charge in [0.25, 0.3) is 11.8 Å². The molecule has 2 saturated carbocycles. The standard InChI is InChI=1S/C21H25NO4/c1-20(2)11-25-21(26-12-20)9-13-7-15(8-14(13)10-21)22-18(23)16-5-3-4-6-17(16)19(22)24/h3-6,13-15H,7-12H2,1-2H3/t13-,14+,15?. The van der Waals surface area contributed by atoms with Crippen molar-refractivity contribution in [3.63, 3.8) is 0 Å². The SMILES string of the molecule is CC1(C)COC2(C[C@H]3CC(N4C(=O)c5ccccc5C4=O)C[C@H]3C2)OC1. The van der Waals surface area contributed by atoms with Gasteiger partial charge in [-0.25, -0.2) is 0 Å². The van der Waals surface area contributed by atoms with E-state index >= 15 is 0 Å². The Kier molecular flexibility index (Phi) is 3.41. The third-order valence-corrected chi connectivity index (χ3v) is 6.61. The predicted octanol–water partition coefficient (Wildman–Crippen LogP) is 3.24. The molecule has 4 aliphatic rings. The van der Waals surface area contributed by atoms with Gasteiger partial charge in [0.2, 0.25) is 0 Å². The molecule has 2 aliphatic carbocycles. The molecule has 2 heterocycles. The molecule has 1 aromatic rings. The molecule has 1 saturated heterocycles. The second kappa shape index (κ2) is 5.40. The number of rotatable bonds is 1. The highest BCUT2D eigenvalue weighted by atomic mass is 16.7. The number of hydrogen-bond acceptors (Lipinski definition) is 4. The summed E-state index contributed by atoms with van der Waals surface area (Å²) in [5.41, 5.74) is 1.17. The number of carbonyl (C=O) groups is 2. The summed E-state index contributed by atoms with van der Waals surface area (Å²) in [6, 6.07) is 7.16. The Labute approximate surface area is 153 Å². The summed E-state index contributed by atoms with van der Waals surface area (Å²) in [4.78, 5) is 27.0. The number of fused-ring (bicyclic) bond motifs is 2. The molecule has 0 bridgehead atoms. The maximum Gasteiger partial charge on any atom is 0.261 e. The minimum Gasteiger partial charge on any atom is -0.349 e. The lowest BCUT2D eigenvalue weighted by Gasteiger charge is -2.42. The summed E-state index contributed by atoms with van der Waals surface area (Å²) in [7, 11) is 0. The number of carbonyl (C=O) groups excluding carboxylic acids is 2. The molecule has 1 aromatic carbocycles. The van der Waals surface area contributed by atoms with Crippen molar-refractivity contribution in [2.75, 3.05) is 13.2 Å². The number of benzene rings is 1. The molecule has 26 heavy (non-hydrogen) atoms. The molecule has 0 N–H and O–H groups in total. The molecule has 3 fully saturated rings. The van der Waals surface area contributed by atoms with Gasteiger partial charge >= 0.3 is 0 Å². The molecule has 1 spiro atoms. The zero-order valence-electron chi connectivity index (χ0n) is 15.4. The minimum absolute atomic E-state index is 0.00906. The van der Waals surface area contributed by atoms with Gasteiger partial charge in [-0.3, -0.25) is 14.5 Å². The van der Waals surface area contributed by atoms with Crippen LogP contribution in [0, 0.1) is 17.3 Å². The number of imide groups is 1. The van der Waals surface area contributed by atoms with Crippen molar-refractivity contribution >= 4 is 11.8 Å². The largest absolute Gasteiger partial charge is 0.349 e. The fraction of sp³-hybridized carbons (Fsp3) is 0.619. The lowest BCUT2D eigenvalue weighted by molar-refractivity contribution is -0.297. The zero-order valence-corrected chi connectivity index (χ0v) is 15.4. The maximum atomic E-state index is 12.7. The van der Waals surface area contributed by atoms with Gasteiger partial charge in [0.1, 0.15) is 0 Å². The molecular formula is C21H25NO4. The maximum absolute atomic E-state index is 12.7. The van der Waals surface area contributed by atoms with E-state index < -0.39 is 5.79 Å². The van der Waals surface area contributed by atoms with Gasteiger partial charge in [-0.15, -0.1) is 0 Å². The van der Waals surface area contributed by atoms with E-state index in [0.717, 1.165) is 38.9 Å². The molecule has 0 aromatic heterocycles. The topological polar surface area (TPSA) is 55.8 Å². The molecule has 0 radical (unpaired) electrons. The van der Waals surface area contributed by atoms with Gasteiger partial charge in [-0.1, -0.05) is 26.0 Å². The lowest BCUT2D eigenvalue weighted by Crippen LogP contribution is -2.47. The van der Waals surface area contributed by atoms with E-state index in [2.05, 4.69) is 13.8 Å². The predicted molar refractivity (Wildman–Crippen MR) is 94.6 cm³/mol. The first-order valence-electron chi connectivity index (χ1n) is 9.62. The number of amides is 2. The van der Waals surface area contributed by atoms with Gasteiger partial charge in [-0.2, -0.15) is 0 Å². The van der Waals surface area contributed by atoms with Crippen LogP contribution < -0.4 is 0 Å². The van der Waals surface area contributed by atoms with Gasteiger partial charge in [0, 0.05) is 24.3 Å². The van der Waals surface area contributed by atoms with Crippen LogP contribution in [0.15, 0.2) is 24.3 Å². The van der Waals surface area contributed by atoms with Gasteiger partial charge in [0.05, 0.1) is 24.3 Å². The lowest BCUT2D eigenvalue weighted by atomic mass is 9.94. The van der Waals surface area contributed by atoms with Crippen LogP contribution in [0.5, 0.6) is 0 Å². The van der Waals surface area contributed by atoms with Crippen LogP contribution in [-0.4, -0.2) is 41.8 Å². The van der Waals surface area contributed by atoms with Gasteiger partial charge in [-0.05, 0) is 36.8 Å². The third-order valence-electron chi connectivity index (χ3n) is 6.61. The van der Waals surface area contributed by atoms with E-state index in [1.54, 1.807) is 12.1 Å². The summed E-state index contributed by atoms with van der Waals surface area (Å²) in [5.74, 6) is 0.239. The first-order chi connectivity index (χ1) is 12.4. The summed E-state index contributed by atoms with van der Waals surface area (Å²) in [6.45, 7) is 5.78. The van der Waals surface area contributed by atoms with Crippen LogP contribution in [0.2, 0.25) is 0 Å². The Morgan fingerprint density at radius 3 is 1.92 bits per heavy atom. The van der Waals surface area contributed by atoms with Gasteiger partial charge in [0.15, 0.2) is 5.79 Å². The van der Waals surface area contributed by atoms with E-state index in [9.17, 15) is 9.59 Å². The quantitative estimate of drug-likeness (QED) is 0.726. The second-order valence-electron chi connectivity index (χ2n) is 9.23. The molecule has 3 atom stereocenters. The summed E-state index contributed by atoms with van der Waals surface area (Å²) in [5, 5.41) is 0. The Balaban J connectivity index is 1.30. The second-order valence-corrected chi connectivity index (χ2v) is 9.23. The smallest absolute Gasteiger partial charge is 0.261 e. The molecule has 5 rings (SSSR count). The molecule has 2 aliphatic heterocycles. The van der Waals surface area contributed by atoms with Gasteiger partial charge < -0.3 is 9.47 Å². The van der Waals surface area contributed by atoms with Crippen molar-refractivity contribution in [3.05, 3.63) is 35.4 Å². The Hall–Kier alpha value is -1.72. The van der Waals surface area contributed by atoms with E-state index in [-0.39, 0.29) is 23.3 Å². The first-order valence-corrected chi connectivity index (χ1v) is 9.62. The van der Waals surface area contributed by atoms with Crippen molar-refractivity contribution in [3.8, 4) is 0 Å². The van der Waals surface area contributed by atoms with Crippen molar-refractivity contribution in [1.82, 2.24) is 4.90 Å². The highest BCUT2D eigenvalue weighted by Crippen LogP contribution is 2.54. The number of nitrogens with zero attached hydrogens (tertiary/aromatic N) is 1. The monoisotopic (exact) mass is 355 g/mol. The van der Waals surface area contributed by atoms with E-state index in [1.165, 1.54) is 4.90 Å². The van der Waals surface area contributed by atoms with Crippen molar-refractivity contribution < 1.29 is 19.1 Å². The van der Waals surface area contributed by atoms with Crippen molar-refractivity contribution in [2.45, 2.75) is 51.4 Å². The number of hydrogen-bond donors (Lipinski definition) is 0. The Bertz CT molecular complexity index is 725. The Morgan fingerprint density at radius 1 is 0.923 bits per heavy atom. The number of ether oxygens (including phenoxy) is 2. The van der Waals surface area contributed by atoms with Crippen LogP contribution in [0.1, 0.15) is 60.2 Å².